The first-order valence-corrected chi connectivity index (χ1v) is 10.7. The fraction of sp³-hybridized carbons (Fsp3) is 0.667. The summed E-state index contributed by atoms with van der Waals surface area (Å²) in [7, 11) is -3.65. The summed E-state index contributed by atoms with van der Waals surface area (Å²) in [6.07, 6.45) is 2.15. The van der Waals surface area contributed by atoms with E-state index in [1.807, 2.05) is 0 Å². The molecule has 0 unspecified atom stereocenters. The van der Waals surface area contributed by atoms with Crippen LogP contribution in [0.5, 0.6) is 0 Å². The summed E-state index contributed by atoms with van der Waals surface area (Å²) in [4.78, 5) is 2.45. The second-order valence-corrected chi connectivity index (χ2v) is 8.61. The van der Waals surface area contributed by atoms with Crippen LogP contribution in [0.4, 0.5) is 4.39 Å². The molecule has 0 aliphatic carbocycles. The van der Waals surface area contributed by atoms with Gasteiger partial charge in [-0.05, 0) is 50.1 Å². The van der Waals surface area contributed by atoms with Crippen LogP contribution < -0.4 is 0 Å². The molecule has 0 N–H and O–H groups in total. The summed E-state index contributed by atoms with van der Waals surface area (Å²) in [6.45, 7) is 5.70. The van der Waals surface area contributed by atoms with E-state index >= 15 is 0 Å². The van der Waals surface area contributed by atoms with Crippen molar-refractivity contribution >= 4 is 10.0 Å². The molecule has 2 saturated heterocycles. The summed E-state index contributed by atoms with van der Waals surface area (Å²) in [6, 6.07) is 5.02. The van der Waals surface area contributed by atoms with Gasteiger partial charge in [0.1, 0.15) is 5.82 Å². The van der Waals surface area contributed by atoms with Gasteiger partial charge in [0.05, 0.1) is 18.1 Å². The lowest BCUT2D eigenvalue weighted by molar-refractivity contribution is 0.0344. The number of halogens is 1. The molecule has 2 fully saturated rings. The molecule has 0 saturated carbocycles. The van der Waals surface area contributed by atoms with E-state index in [0.717, 1.165) is 39.3 Å². The summed E-state index contributed by atoms with van der Waals surface area (Å²) >= 11 is 0. The van der Waals surface area contributed by atoms with Gasteiger partial charge in [-0.1, -0.05) is 0 Å². The van der Waals surface area contributed by atoms with Crippen molar-refractivity contribution in [1.82, 2.24) is 9.21 Å². The quantitative estimate of drug-likeness (QED) is 0.714. The highest BCUT2D eigenvalue weighted by Crippen LogP contribution is 2.24. The van der Waals surface area contributed by atoms with Crippen LogP contribution in [0.15, 0.2) is 29.2 Å². The molecule has 0 atom stereocenters. The van der Waals surface area contributed by atoms with E-state index in [-0.39, 0.29) is 10.9 Å². The van der Waals surface area contributed by atoms with Crippen molar-refractivity contribution in [2.24, 2.45) is 0 Å². The zero-order valence-corrected chi connectivity index (χ0v) is 15.8. The Kier molecular flexibility index (Phi) is 6.99. The second kappa shape index (κ2) is 9.23. The van der Waals surface area contributed by atoms with Gasteiger partial charge in [-0.25, -0.2) is 12.8 Å². The minimum Gasteiger partial charge on any atom is -0.381 e. The smallest absolute Gasteiger partial charge is 0.243 e. The number of hydrogen-bond acceptors (Lipinski definition) is 5. The normalized spacial score (nSPS) is 20.5. The van der Waals surface area contributed by atoms with Crippen LogP contribution in [0.2, 0.25) is 0 Å². The van der Waals surface area contributed by atoms with Crippen LogP contribution in [0.3, 0.4) is 0 Å². The van der Waals surface area contributed by atoms with E-state index in [1.165, 1.54) is 24.3 Å². The number of rotatable bonds is 7. The molecule has 2 aliphatic rings. The van der Waals surface area contributed by atoms with Crippen molar-refractivity contribution in [3.63, 3.8) is 0 Å². The molecule has 146 valence electrons. The van der Waals surface area contributed by atoms with E-state index in [9.17, 15) is 12.8 Å². The van der Waals surface area contributed by atoms with E-state index < -0.39 is 15.8 Å². The maximum absolute atomic E-state index is 13.2. The third kappa shape index (κ3) is 5.01. The third-order valence-corrected chi connectivity index (χ3v) is 6.94. The Labute approximate surface area is 154 Å². The minimum absolute atomic E-state index is 0.0662. The van der Waals surface area contributed by atoms with Crippen LogP contribution in [-0.4, -0.2) is 76.3 Å². The largest absolute Gasteiger partial charge is 0.381 e. The molecule has 8 heteroatoms. The number of nitrogens with zero attached hydrogens (tertiary/aromatic N) is 2. The molecule has 0 radical (unpaired) electrons. The first kappa shape index (κ1) is 19.7. The third-order valence-electron chi connectivity index (χ3n) is 4.97. The van der Waals surface area contributed by atoms with Crippen molar-refractivity contribution in [3.8, 4) is 0 Å². The van der Waals surface area contributed by atoms with Gasteiger partial charge in [0, 0.05) is 38.9 Å². The fourth-order valence-corrected chi connectivity index (χ4v) is 5.21. The Morgan fingerprint density at radius 1 is 1.04 bits per heavy atom. The van der Waals surface area contributed by atoms with E-state index in [4.69, 9.17) is 9.47 Å². The average Bonchev–Trinajstić information content (AvgIpc) is 2.67. The number of morpholine rings is 1. The summed E-state index contributed by atoms with van der Waals surface area (Å²) in [5.41, 5.74) is 0. The minimum atomic E-state index is -3.65. The zero-order valence-electron chi connectivity index (χ0n) is 15.0. The number of benzene rings is 1. The van der Waals surface area contributed by atoms with Crippen molar-refractivity contribution in [2.45, 2.75) is 30.2 Å². The van der Waals surface area contributed by atoms with Crippen molar-refractivity contribution in [2.75, 3.05) is 52.6 Å². The molecule has 2 aliphatic heterocycles. The number of ether oxygens (including phenoxy) is 2. The fourth-order valence-electron chi connectivity index (χ4n) is 3.49. The van der Waals surface area contributed by atoms with Crippen molar-refractivity contribution < 1.29 is 22.3 Å². The van der Waals surface area contributed by atoms with E-state index in [0.29, 0.717) is 32.6 Å². The molecule has 1 aromatic rings. The van der Waals surface area contributed by atoms with Gasteiger partial charge >= 0.3 is 0 Å². The standard InChI is InChI=1S/C18H27FN2O4S/c19-16-2-4-18(5-3-16)26(22,23)21(17-6-12-24-13-7-17)9-1-8-20-10-14-25-15-11-20/h2-5,17H,1,6-15H2. The Hall–Kier alpha value is -1.06. The first-order valence-electron chi connectivity index (χ1n) is 9.22. The summed E-state index contributed by atoms with van der Waals surface area (Å²) in [5, 5.41) is 0. The Bertz CT molecular complexity index is 656. The van der Waals surface area contributed by atoms with Gasteiger partial charge < -0.3 is 9.47 Å². The lowest BCUT2D eigenvalue weighted by Crippen LogP contribution is -2.45. The topological polar surface area (TPSA) is 59.1 Å². The van der Waals surface area contributed by atoms with Crippen molar-refractivity contribution in [1.29, 1.82) is 0 Å². The molecule has 3 rings (SSSR count). The first-order chi connectivity index (χ1) is 12.6. The molecule has 0 aromatic heterocycles. The lowest BCUT2D eigenvalue weighted by atomic mass is 10.1. The van der Waals surface area contributed by atoms with Gasteiger partial charge in [0.25, 0.3) is 0 Å². The van der Waals surface area contributed by atoms with E-state index in [2.05, 4.69) is 4.90 Å². The van der Waals surface area contributed by atoms with Gasteiger partial charge in [0.15, 0.2) is 0 Å². The summed E-state index contributed by atoms with van der Waals surface area (Å²) < 4.78 is 51.8. The number of sulfonamides is 1. The molecule has 1 aromatic carbocycles. The Morgan fingerprint density at radius 3 is 2.31 bits per heavy atom. The number of hydrogen-bond donors (Lipinski definition) is 0. The SMILES string of the molecule is O=S(=O)(c1ccc(F)cc1)N(CCCN1CCOCC1)C1CCOCC1. The van der Waals surface area contributed by atoms with Crippen molar-refractivity contribution in [3.05, 3.63) is 30.1 Å². The maximum Gasteiger partial charge on any atom is 0.243 e. The highest BCUT2D eigenvalue weighted by Gasteiger charge is 2.32. The van der Waals surface area contributed by atoms with Gasteiger partial charge in [-0.2, -0.15) is 4.31 Å². The predicted octanol–water partition coefficient (Wildman–Crippen LogP) is 1.72. The zero-order chi connectivity index (χ0) is 18.4. The monoisotopic (exact) mass is 386 g/mol. The summed E-state index contributed by atoms with van der Waals surface area (Å²) in [5.74, 6) is -0.436. The highest BCUT2D eigenvalue weighted by molar-refractivity contribution is 7.89. The van der Waals surface area contributed by atoms with Crippen LogP contribution in [0.1, 0.15) is 19.3 Å². The van der Waals surface area contributed by atoms with E-state index in [1.54, 1.807) is 4.31 Å². The Balaban J connectivity index is 1.70. The molecule has 0 bridgehead atoms. The molecule has 26 heavy (non-hydrogen) atoms. The predicted molar refractivity (Wildman–Crippen MR) is 96.0 cm³/mol. The Morgan fingerprint density at radius 2 is 1.65 bits per heavy atom. The maximum atomic E-state index is 13.2. The molecular formula is C18H27FN2O4S. The average molecular weight is 386 g/mol. The van der Waals surface area contributed by atoms with Gasteiger partial charge in [-0.15, -0.1) is 0 Å². The van der Waals surface area contributed by atoms with Gasteiger partial charge in [0.2, 0.25) is 10.0 Å². The second-order valence-electron chi connectivity index (χ2n) is 6.72. The van der Waals surface area contributed by atoms with Crippen LogP contribution in [0.25, 0.3) is 0 Å². The van der Waals surface area contributed by atoms with Crippen LogP contribution >= 0.6 is 0 Å². The molecular weight excluding hydrogens is 359 g/mol. The lowest BCUT2D eigenvalue weighted by Gasteiger charge is -2.34. The molecule has 0 spiro atoms. The van der Waals surface area contributed by atoms with Gasteiger partial charge in [-0.3, -0.25) is 4.90 Å². The molecule has 6 nitrogen and oxygen atoms in total. The molecule has 2 heterocycles. The van der Waals surface area contributed by atoms with Crippen LogP contribution in [-0.2, 0) is 19.5 Å². The highest BCUT2D eigenvalue weighted by atomic mass is 32.2. The van der Waals surface area contributed by atoms with Crippen LogP contribution in [0, 0.1) is 5.82 Å². The molecule has 0 amide bonds.